The molecule has 102 valence electrons. The van der Waals surface area contributed by atoms with Crippen molar-refractivity contribution in [2.45, 2.75) is 74.5 Å². The maximum Gasteiger partial charge on any atom is 0.0655 e. The number of hydrogen-bond acceptors (Lipinski definition) is 1. The predicted octanol–water partition coefficient (Wildman–Crippen LogP) is 4.75. The standard InChI is InChI=1S/C16H32O/c1-10-11(2)13(15(4,5)6)17-14(12(10)3)16(7,8)9/h10-14H,1-9H3/t10?,11-,12?,13?,14-/m1/s1. The van der Waals surface area contributed by atoms with E-state index < -0.39 is 0 Å². The van der Waals surface area contributed by atoms with Gasteiger partial charge in [-0.25, -0.2) is 0 Å². The summed E-state index contributed by atoms with van der Waals surface area (Å²) in [5.74, 6) is 2.02. The highest BCUT2D eigenvalue weighted by molar-refractivity contribution is 4.94. The van der Waals surface area contributed by atoms with Gasteiger partial charge in [-0.15, -0.1) is 0 Å². The van der Waals surface area contributed by atoms with Crippen molar-refractivity contribution in [1.29, 1.82) is 0 Å². The molecule has 1 nitrogen and oxygen atoms in total. The summed E-state index contributed by atoms with van der Waals surface area (Å²) in [6.45, 7) is 20.9. The average Bonchev–Trinajstić information content (AvgIpc) is 2.10. The molecule has 1 aliphatic rings. The van der Waals surface area contributed by atoms with Crippen LogP contribution in [0.5, 0.6) is 0 Å². The normalized spacial score (nSPS) is 40.4. The largest absolute Gasteiger partial charge is 0.373 e. The van der Waals surface area contributed by atoms with E-state index in [0.29, 0.717) is 24.0 Å². The van der Waals surface area contributed by atoms with Crippen molar-refractivity contribution in [2.75, 3.05) is 0 Å². The van der Waals surface area contributed by atoms with Crippen molar-refractivity contribution in [1.82, 2.24) is 0 Å². The second kappa shape index (κ2) is 4.57. The van der Waals surface area contributed by atoms with Gasteiger partial charge in [0.2, 0.25) is 0 Å². The Morgan fingerprint density at radius 3 is 1.12 bits per heavy atom. The molecule has 0 aromatic carbocycles. The van der Waals surface area contributed by atoms with Crippen LogP contribution in [0.4, 0.5) is 0 Å². The molecule has 17 heavy (non-hydrogen) atoms. The van der Waals surface area contributed by atoms with Crippen molar-refractivity contribution in [3.63, 3.8) is 0 Å². The fourth-order valence-electron chi connectivity index (χ4n) is 3.42. The zero-order chi connectivity index (χ0) is 13.6. The van der Waals surface area contributed by atoms with Gasteiger partial charge in [0.25, 0.3) is 0 Å². The molecule has 1 rings (SSSR count). The molecule has 1 heteroatoms. The highest BCUT2D eigenvalue weighted by atomic mass is 16.5. The minimum Gasteiger partial charge on any atom is -0.373 e. The molecule has 0 bridgehead atoms. The van der Waals surface area contributed by atoms with E-state index in [-0.39, 0.29) is 10.8 Å². The van der Waals surface area contributed by atoms with Gasteiger partial charge in [-0.1, -0.05) is 62.3 Å². The van der Waals surface area contributed by atoms with Gasteiger partial charge in [0.15, 0.2) is 0 Å². The van der Waals surface area contributed by atoms with Crippen LogP contribution in [0.1, 0.15) is 62.3 Å². The molecule has 1 fully saturated rings. The molecule has 0 spiro atoms. The lowest BCUT2D eigenvalue weighted by atomic mass is 9.66. The van der Waals surface area contributed by atoms with E-state index in [1.54, 1.807) is 0 Å². The first kappa shape index (κ1) is 15.0. The van der Waals surface area contributed by atoms with Crippen LogP contribution in [-0.2, 0) is 4.74 Å². The number of rotatable bonds is 0. The van der Waals surface area contributed by atoms with E-state index >= 15 is 0 Å². The summed E-state index contributed by atoms with van der Waals surface area (Å²) in [4.78, 5) is 0. The highest BCUT2D eigenvalue weighted by Gasteiger charge is 2.47. The third-order valence-electron chi connectivity index (χ3n) is 4.61. The van der Waals surface area contributed by atoms with E-state index in [1.165, 1.54) is 0 Å². The molecule has 1 saturated heterocycles. The minimum atomic E-state index is 0.233. The van der Waals surface area contributed by atoms with Crippen LogP contribution in [0.15, 0.2) is 0 Å². The summed E-state index contributed by atoms with van der Waals surface area (Å²) < 4.78 is 6.51. The van der Waals surface area contributed by atoms with E-state index in [0.717, 1.165) is 5.92 Å². The Bertz CT molecular complexity index is 230. The Morgan fingerprint density at radius 1 is 0.588 bits per heavy atom. The van der Waals surface area contributed by atoms with Crippen LogP contribution in [0.2, 0.25) is 0 Å². The lowest BCUT2D eigenvalue weighted by Crippen LogP contribution is -2.53. The Morgan fingerprint density at radius 2 is 0.882 bits per heavy atom. The second-order valence-electron chi connectivity index (χ2n) is 8.29. The van der Waals surface area contributed by atoms with Crippen molar-refractivity contribution < 1.29 is 4.74 Å². The van der Waals surface area contributed by atoms with Crippen molar-refractivity contribution in [3.8, 4) is 0 Å². The predicted molar refractivity (Wildman–Crippen MR) is 75.1 cm³/mol. The van der Waals surface area contributed by atoms with Crippen LogP contribution in [0.3, 0.4) is 0 Å². The minimum absolute atomic E-state index is 0.233. The molecule has 0 aromatic heterocycles. The molecule has 0 aliphatic carbocycles. The van der Waals surface area contributed by atoms with Crippen LogP contribution in [0, 0.1) is 28.6 Å². The lowest BCUT2D eigenvalue weighted by molar-refractivity contribution is -0.201. The van der Waals surface area contributed by atoms with E-state index in [4.69, 9.17) is 4.74 Å². The van der Waals surface area contributed by atoms with Crippen LogP contribution >= 0.6 is 0 Å². The first-order valence-electron chi connectivity index (χ1n) is 7.11. The highest BCUT2D eigenvalue weighted by Crippen LogP contribution is 2.46. The quantitative estimate of drug-likeness (QED) is 0.593. The lowest BCUT2D eigenvalue weighted by Gasteiger charge is -2.52. The summed E-state index contributed by atoms with van der Waals surface area (Å²) in [5, 5.41) is 0. The third-order valence-corrected chi connectivity index (χ3v) is 4.61. The molecule has 0 saturated carbocycles. The number of ether oxygens (including phenoxy) is 1. The third kappa shape index (κ3) is 3.05. The smallest absolute Gasteiger partial charge is 0.0655 e. The molecule has 5 atom stereocenters. The van der Waals surface area contributed by atoms with Crippen LogP contribution in [0.25, 0.3) is 0 Å². The van der Waals surface area contributed by atoms with Gasteiger partial charge < -0.3 is 4.74 Å². The topological polar surface area (TPSA) is 9.23 Å². The van der Waals surface area contributed by atoms with Gasteiger partial charge in [0, 0.05) is 0 Å². The fourth-order valence-corrected chi connectivity index (χ4v) is 3.42. The summed E-state index contributed by atoms with van der Waals surface area (Å²) in [6, 6.07) is 0. The number of hydrogen-bond donors (Lipinski definition) is 0. The molecule has 1 heterocycles. The van der Waals surface area contributed by atoms with Gasteiger partial charge in [-0.3, -0.25) is 0 Å². The van der Waals surface area contributed by atoms with Gasteiger partial charge in [-0.2, -0.15) is 0 Å². The molecule has 0 aromatic rings. The SMILES string of the molecule is CC1C(C)[C@H](C(C)(C)C)OC(C(C)(C)C)[C@@H]1C. The van der Waals surface area contributed by atoms with Crippen LogP contribution in [-0.4, -0.2) is 12.2 Å². The zero-order valence-corrected chi connectivity index (χ0v) is 13.3. The summed E-state index contributed by atoms with van der Waals surface area (Å²) in [5.41, 5.74) is 0.467. The Labute approximate surface area is 108 Å². The first-order chi connectivity index (χ1) is 7.46. The molecule has 3 unspecified atom stereocenters. The van der Waals surface area contributed by atoms with Gasteiger partial charge >= 0.3 is 0 Å². The van der Waals surface area contributed by atoms with E-state index in [1.807, 2.05) is 0 Å². The molecule has 0 amide bonds. The fraction of sp³-hybridized carbons (Fsp3) is 1.00. The zero-order valence-electron chi connectivity index (χ0n) is 13.3. The van der Waals surface area contributed by atoms with Crippen molar-refractivity contribution >= 4 is 0 Å². The summed E-state index contributed by atoms with van der Waals surface area (Å²) >= 11 is 0. The molecular formula is C16H32O. The maximum atomic E-state index is 6.51. The monoisotopic (exact) mass is 240 g/mol. The Kier molecular flexibility index (Phi) is 4.04. The Balaban J connectivity index is 2.99. The van der Waals surface area contributed by atoms with Crippen molar-refractivity contribution in [3.05, 3.63) is 0 Å². The van der Waals surface area contributed by atoms with E-state index in [2.05, 4.69) is 62.3 Å². The summed E-state index contributed by atoms with van der Waals surface area (Å²) in [6.07, 6.45) is 0.746. The maximum absolute atomic E-state index is 6.51. The van der Waals surface area contributed by atoms with Gasteiger partial charge in [0.1, 0.15) is 0 Å². The van der Waals surface area contributed by atoms with Gasteiger partial charge in [-0.05, 0) is 28.6 Å². The average molecular weight is 240 g/mol. The first-order valence-corrected chi connectivity index (χ1v) is 7.11. The van der Waals surface area contributed by atoms with Crippen molar-refractivity contribution in [2.24, 2.45) is 28.6 Å². The second-order valence-corrected chi connectivity index (χ2v) is 8.29. The van der Waals surface area contributed by atoms with E-state index in [9.17, 15) is 0 Å². The molecule has 0 radical (unpaired) electrons. The molecular weight excluding hydrogens is 208 g/mol. The molecule has 0 N–H and O–H groups in total. The van der Waals surface area contributed by atoms with Crippen LogP contribution < -0.4 is 0 Å². The Hall–Kier alpha value is -0.0400. The summed E-state index contributed by atoms with van der Waals surface area (Å²) in [7, 11) is 0. The molecule has 1 aliphatic heterocycles. The van der Waals surface area contributed by atoms with Gasteiger partial charge in [0.05, 0.1) is 12.2 Å².